The van der Waals surface area contributed by atoms with Crippen LogP contribution in [-0.4, -0.2) is 141 Å². The highest BCUT2D eigenvalue weighted by atomic mass is 16.7. The lowest BCUT2D eigenvalue weighted by atomic mass is 9.71. The molecule has 1 unspecified atom stereocenters. The smallest absolute Gasteiger partial charge is 0.316 e. The van der Waals surface area contributed by atoms with Gasteiger partial charge >= 0.3 is 5.97 Å². The standard InChI is InChI=1S/C49H75NO13/c1-12-26(2)44-29(5)18-19-48(63-44)24-35-21-34(62-48)17-16-28(4)43(27(3)14-13-15-33-25-56-46-42(51)30(6)20-36(47(52)59-35)49(33,46)53)60-40-23-38(55-11)45(32(8)58-40)61-39-22-37(54-10)41(50-9)31(7)57-39/h13-16,18-20,26-27,29,31-32,34-46,50-51,53H,12,17,21-25H2,1-11H3/b14-13+,28-16+,33-15+/t26-,27-,29-,31-,32-,34+,35-,36-,37-,38-,39-,40-,41+,42+,43-,44?,45-,46+,48+,49+/m0/s1. The van der Waals surface area contributed by atoms with E-state index in [2.05, 4.69) is 52.1 Å². The van der Waals surface area contributed by atoms with Crippen LogP contribution in [0.5, 0.6) is 0 Å². The first-order valence-electron chi connectivity index (χ1n) is 23.4. The van der Waals surface area contributed by atoms with Crippen LogP contribution in [-0.2, 0) is 52.2 Å². The molecule has 0 amide bonds. The summed E-state index contributed by atoms with van der Waals surface area (Å²) in [5, 5.41) is 27.1. The Kier molecular flexibility index (Phi) is 15.7. The van der Waals surface area contributed by atoms with Crippen LogP contribution >= 0.6 is 0 Å². The molecule has 4 saturated heterocycles. The summed E-state index contributed by atoms with van der Waals surface area (Å²) in [6.07, 6.45) is 10.7. The molecule has 6 heterocycles. The second-order valence-corrected chi connectivity index (χ2v) is 19.3. The van der Waals surface area contributed by atoms with E-state index in [1.54, 1.807) is 33.3 Å². The normalized spacial score (nSPS) is 48.6. The molecule has 0 saturated carbocycles. The van der Waals surface area contributed by atoms with E-state index in [4.69, 9.17) is 47.4 Å². The second kappa shape index (κ2) is 20.3. The van der Waals surface area contributed by atoms with Gasteiger partial charge in [-0.1, -0.05) is 70.6 Å². The van der Waals surface area contributed by atoms with Crippen LogP contribution in [0, 0.1) is 23.7 Å². The van der Waals surface area contributed by atoms with Gasteiger partial charge in [-0.2, -0.15) is 0 Å². The van der Waals surface area contributed by atoms with Crippen molar-refractivity contribution in [3.63, 3.8) is 0 Å². The van der Waals surface area contributed by atoms with Crippen molar-refractivity contribution in [3.05, 3.63) is 59.3 Å². The summed E-state index contributed by atoms with van der Waals surface area (Å²) in [4.78, 5) is 14.4. The first-order valence-corrected chi connectivity index (χ1v) is 23.4. The number of carbonyl (C=O) groups excluding carboxylic acids is 1. The Morgan fingerprint density at radius 3 is 2.35 bits per heavy atom. The van der Waals surface area contributed by atoms with E-state index in [9.17, 15) is 15.0 Å². The van der Waals surface area contributed by atoms with Crippen LogP contribution in [0.2, 0.25) is 0 Å². The topological polar surface area (TPSA) is 162 Å². The molecular formula is C49H75NO13. The molecule has 4 fully saturated rings. The fourth-order valence-electron chi connectivity index (χ4n) is 11.0. The van der Waals surface area contributed by atoms with Gasteiger partial charge in [-0.15, -0.1) is 0 Å². The van der Waals surface area contributed by atoms with E-state index in [0.29, 0.717) is 43.3 Å². The first-order chi connectivity index (χ1) is 30.0. The molecule has 7 aliphatic rings. The van der Waals surface area contributed by atoms with Gasteiger partial charge in [0, 0.05) is 51.7 Å². The van der Waals surface area contributed by atoms with Crippen molar-refractivity contribution in [2.45, 2.75) is 191 Å². The van der Waals surface area contributed by atoms with Gasteiger partial charge in [0.15, 0.2) is 18.4 Å². The van der Waals surface area contributed by atoms with Gasteiger partial charge in [0.1, 0.15) is 35.9 Å². The van der Waals surface area contributed by atoms with Gasteiger partial charge in [0.05, 0.1) is 55.4 Å². The summed E-state index contributed by atoms with van der Waals surface area (Å²) in [6, 6.07) is 0.0442. The Bertz CT molecular complexity index is 1750. The summed E-state index contributed by atoms with van der Waals surface area (Å²) in [7, 11) is 5.30. The van der Waals surface area contributed by atoms with Gasteiger partial charge in [0.25, 0.3) is 0 Å². The minimum absolute atomic E-state index is 0.0411. The fraction of sp³-hybridized carbons (Fsp3) is 0.776. The molecule has 63 heavy (non-hydrogen) atoms. The molecule has 1 spiro atoms. The largest absolute Gasteiger partial charge is 0.462 e. The van der Waals surface area contributed by atoms with Crippen LogP contribution in [0.1, 0.15) is 93.9 Å². The molecule has 1 aliphatic carbocycles. The highest BCUT2D eigenvalue weighted by molar-refractivity contribution is 5.78. The summed E-state index contributed by atoms with van der Waals surface area (Å²) < 4.78 is 64.6. The molecule has 0 aromatic heterocycles. The molecule has 0 aromatic rings. The molecule has 14 nitrogen and oxygen atoms in total. The van der Waals surface area contributed by atoms with Crippen molar-refractivity contribution in [1.29, 1.82) is 0 Å². The van der Waals surface area contributed by atoms with Crippen molar-refractivity contribution >= 4 is 5.97 Å². The number of aliphatic hydroxyl groups is 2. The number of aliphatic hydroxyl groups excluding tert-OH is 1. The van der Waals surface area contributed by atoms with Gasteiger partial charge in [-0.25, -0.2) is 0 Å². The number of hydrogen-bond donors (Lipinski definition) is 3. The molecule has 7 rings (SSSR count). The molecule has 354 valence electrons. The highest BCUT2D eigenvalue weighted by Crippen LogP contribution is 2.47. The number of methoxy groups -OCH3 is 2. The Morgan fingerprint density at radius 2 is 1.63 bits per heavy atom. The van der Waals surface area contributed by atoms with E-state index in [0.717, 1.165) is 12.0 Å². The highest BCUT2D eigenvalue weighted by Gasteiger charge is 2.60. The quantitative estimate of drug-likeness (QED) is 0.194. The van der Waals surface area contributed by atoms with Gasteiger partial charge < -0.3 is 62.9 Å². The maximum absolute atomic E-state index is 14.4. The number of nitrogens with one attached hydrogen (secondary N) is 1. The minimum Gasteiger partial charge on any atom is -0.462 e. The van der Waals surface area contributed by atoms with Crippen LogP contribution < -0.4 is 5.32 Å². The average Bonchev–Trinajstić information content (AvgIpc) is 3.60. The van der Waals surface area contributed by atoms with Crippen molar-refractivity contribution in [2.24, 2.45) is 23.7 Å². The van der Waals surface area contributed by atoms with Crippen LogP contribution in [0.4, 0.5) is 0 Å². The summed E-state index contributed by atoms with van der Waals surface area (Å²) in [6.45, 7) is 16.4. The minimum atomic E-state index is -1.83. The van der Waals surface area contributed by atoms with Crippen molar-refractivity contribution in [1.82, 2.24) is 5.32 Å². The molecule has 2 bridgehead atoms. The number of esters is 1. The maximum Gasteiger partial charge on any atom is 0.316 e. The predicted molar refractivity (Wildman–Crippen MR) is 234 cm³/mol. The van der Waals surface area contributed by atoms with Crippen molar-refractivity contribution in [2.75, 3.05) is 27.9 Å². The molecule has 0 radical (unpaired) electrons. The first kappa shape index (κ1) is 48.6. The van der Waals surface area contributed by atoms with E-state index >= 15 is 0 Å². The Hall–Kier alpha value is -2.31. The number of allylic oxidation sites excluding steroid dienone is 2. The van der Waals surface area contributed by atoms with Crippen molar-refractivity contribution < 1.29 is 62.4 Å². The zero-order chi connectivity index (χ0) is 45.4. The van der Waals surface area contributed by atoms with Gasteiger partial charge in [-0.05, 0) is 69.9 Å². The van der Waals surface area contributed by atoms with Crippen molar-refractivity contribution in [3.8, 4) is 0 Å². The number of fused-ring (bicyclic) bond motifs is 2. The number of carbonyl (C=O) groups is 1. The zero-order valence-electron chi connectivity index (χ0n) is 39.3. The van der Waals surface area contributed by atoms with E-state index in [1.807, 2.05) is 39.1 Å². The second-order valence-electron chi connectivity index (χ2n) is 19.3. The van der Waals surface area contributed by atoms with E-state index in [1.165, 1.54) is 0 Å². The molecule has 6 aliphatic heterocycles. The lowest BCUT2D eigenvalue weighted by Gasteiger charge is -2.48. The Labute approximate surface area is 374 Å². The number of ether oxygens (including phenoxy) is 10. The molecule has 20 atom stereocenters. The predicted octanol–water partition coefficient (Wildman–Crippen LogP) is 5.60. The lowest BCUT2D eigenvalue weighted by molar-refractivity contribution is -0.312. The summed E-state index contributed by atoms with van der Waals surface area (Å²) in [5.41, 5.74) is 0.180. The molecular weight excluding hydrogens is 811 g/mol. The molecule has 14 heteroatoms. The monoisotopic (exact) mass is 886 g/mol. The Balaban J connectivity index is 1.18. The molecule has 3 N–H and O–H groups in total. The number of likely N-dealkylation sites (N-methyl/N-ethyl adjacent to an activating group) is 1. The van der Waals surface area contributed by atoms with Gasteiger partial charge in [-0.3, -0.25) is 4.79 Å². The summed E-state index contributed by atoms with van der Waals surface area (Å²) >= 11 is 0. The van der Waals surface area contributed by atoms with Crippen LogP contribution in [0.3, 0.4) is 0 Å². The third kappa shape index (κ3) is 10.0. The SMILES string of the molecule is CC[C@H](C)C1O[C@]2(C=C[C@@H]1C)C[C@@H]1C[C@@H](C/C=C(\C)[C@@H](O[C@H]3C[C@H](OC)[C@@H](O[C@H]4C[C@H](OC)[C@H](NC)[C@H](C)O4)[C@H](C)O3)[C@@H](C)/C=C/C=C3\CO[C@@H]4[C@H](O)C(C)=C[C@@H](C(=O)O1)[C@]34O)O2. The zero-order valence-corrected chi connectivity index (χ0v) is 39.3. The third-order valence-corrected chi connectivity index (χ3v) is 14.9. The number of rotatable bonds is 9. The van der Waals surface area contributed by atoms with E-state index in [-0.39, 0.29) is 67.0 Å². The summed E-state index contributed by atoms with van der Waals surface area (Å²) in [5.74, 6) is -2.51. The van der Waals surface area contributed by atoms with Gasteiger partial charge in [0.2, 0.25) is 0 Å². The lowest BCUT2D eigenvalue weighted by Crippen LogP contribution is -2.58. The fourth-order valence-corrected chi connectivity index (χ4v) is 11.0. The van der Waals surface area contributed by atoms with Crippen LogP contribution in [0.25, 0.3) is 0 Å². The van der Waals surface area contributed by atoms with E-state index < -0.39 is 66.4 Å². The Morgan fingerprint density at radius 1 is 0.921 bits per heavy atom. The molecule has 0 aromatic carbocycles. The van der Waals surface area contributed by atoms with Crippen LogP contribution in [0.15, 0.2) is 59.3 Å². The maximum atomic E-state index is 14.4. The third-order valence-electron chi connectivity index (χ3n) is 14.9. The number of hydrogen-bond acceptors (Lipinski definition) is 14. The average molecular weight is 886 g/mol.